The lowest BCUT2D eigenvalue weighted by atomic mass is 9.90. The molecule has 1 amide bonds. The van der Waals surface area contributed by atoms with Crippen LogP contribution in [0.3, 0.4) is 0 Å². The maximum Gasteiger partial charge on any atom is 0.253 e. The molecule has 0 atom stereocenters. The van der Waals surface area contributed by atoms with Crippen LogP contribution >= 0.6 is 0 Å². The second-order valence-electron chi connectivity index (χ2n) is 7.15. The molecule has 0 heterocycles. The molecule has 0 unspecified atom stereocenters. The minimum absolute atomic E-state index is 0.0649. The zero-order chi connectivity index (χ0) is 19.9. The van der Waals surface area contributed by atoms with Crippen molar-refractivity contribution in [2.24, 2.45) is 10.7 Å². The molecular weight excluding hydrogens is 348 g/mol. The lowest BCUT2D eigenvalue weighted by Crippen LogP contribution is -2.30. The van der Waals surface area contributed by atoms with Crippen LogP contribution in [-0.4, -0.2) is 29.9 Å². The van der Waals surface area contributed by atoms with Crippen molar-refractivity contribution in [2.45, 2.75) is 46.1 Å². The Balaban J connectivity index is 1.63. The fourth-order valence-corrected chi connectivity index (χ4v) is 3.70. The molecule has 5 heteroatoms. The summed E-state index contributed by atoms with van der Waals surface area (Å²) in [4.78, 5) is 18.7. The van der Waals surface area contributed by atoms with Gasteiger partial charge in [0.1, 0.15) is 0 Å². The number of nitrogens with zero attached hydrogens (tertiary/aromatic N) is 2. The number of aryl methyl sites for hydroxylation is 1. The quantitative estimate of drug-likeness (QED) is 0.590. The Bertz CT molecular complexity index is 838. The van der Waals surface area contributed by atoms with Gasteiger partial charge in [0.2, 0.25) is 0 Å². The second kappa shape index (κ2) is 9.40. The predicted octanol–water partition coefficient (Wildman–Crippen LogP) is 3.97. The summed E-state index contributed by atoms with van der Waals surface area (Å²) in [7, 11) is 0. The van der Waals surface area contributed by atoms with Crippen molar-refractivity contribution in [1.29, 1.82) is 0 Å². The van der Waals surface area contributed by atoms with Gasteiger partial charge in [0.25, 0.3) is 5.91 Å². The van der Waals surface area contributed by atoms with Gasteiger partial charge in [0.05, 0.1) is 6.54 Å². The van der Waals surface area contributed by atoms with Crippen molar-refractivity contribution in [2.75, 3.05) is 18.4 Å². The maximum atomic E-state index is 12.4. The Hall–Kier alpha value is -2.82. The summed E-state index contributed by atoms with van der Waals surface area (Å²) in [6.07, 6.45) is 4.71. The third kappa shape index (κ3) is 4.71. The largest absolute Gasteiger partial charge is 0.370 e. The van der Waals surface area contributed by atoms with E-state index in [1.807, 2.05) is 43.0 Å². The highest BCUT2D eigenvalue weighted by atomic mass is 16.2. The van der Waals surface area contributed by atoms with Gasteiger partial charge in [-0.2, -0.15) is 0 Å². The Morgan fingerprint density at radius 3 is 2.50 bits per heavy atom. The molecule has 0 saturated carbocycles. The minimum atomic E-state index is 0.0649. The molecule has 0 saturated heterocycles. The minimum Gasteiger partial charge on any atom is -0.370 e. The van der Waals surface area contributed by atoms with Crippen LogP contribution in [0.5, 0.6) is 0 Å². The van der Waals surface area contributed by atoms with Crippen LogP contribution in [0.25, 0.3) is 0 Å². The Labute approximate surface area is 167 Å². The van der Waals surface area contributed by atoms with E-state index in [2.05, 4.69) is 28.5 Å². The number of benzene rings is 2. The summed E-state index contributed by atoms with van der Waals surface area (Å²) in [5.74, 6) is 0.484. The van der Waals surface area contributed by atoms with E-state index in [0.29, 0.717) is 31.2 Å². The molecule has 2 aromatic carbocycles. The summed E-state index contributed by atoms with van der Waals surface area (Å²) >= 11 is 0. The second-order valence-corrected chi connectivity index (χ2v) is 7.15. The van der Waals surface area contributed by atoms with Crippen molar-refractivity contribution in [3.63, 3.8) is 0 Å². The van der Waals surface area contributed by atoms with Crippen molar-refractivity contribution < 1.29 is 4.79 Å². The van der Waals surface area contributed by atoms with E-state index in [0.717, 1.165) is 24.1 Å². The number of aliphatic imine (C=N–C) groups is 1. The molecule has 1 aliphatic carbocycles. The first-order valence-corrected chi connectivity index (χ1v) is 10.2. The van der Waals surface area contributed by atoms with Gasteiger partial charge in [-0.15, -0.1) is 0 Å². The fraction of sp³-hybridized carbons (Fsp3) is 0.391. The first-order valence-electron chi connectivity index (χ1n) is 10.2. The van der Waals surface area contributed by atoms with Gasteiger partial charge in [-0.3, -0.25) is 4.79 Å². The molecule has 3 rings (SSSR count). The van der Waals surface area contributed by atoms with Crippen LogP contribution in [0.15, 0.2) is 47.5 Å². The number of amides is 1. The number of guanidine groups is 1. The van der Waals surface area contributed by atoms with Gasteiger partial charge in [-0.1, -0.05) is 24.3 Å². The van der Waals surface area contributed by atoms with E-state index in [1.54, 1.807) is 0 Å². The number of anilines is 1. The molecule has 0 spiro atoms. The van der Waals surface area contributed by atoms with Crippen LogP contribution in [0.1, 0.15) is 53.7 Å². The molecular formula is C23H30N4O. The number of fused-ring (bicyclic) bond motifs is 1. The Morgan fingerprint density at radius 1 is 1.07 bits per heavy atom. The zero-order valence-corrected chi connectivity index (χ0v) is 16.9. The molecule has 0 aliphatic heterocycles. The molecule has 0 bridgehead atoms. The van der Waals surface area contributed by atoms with Crippen molar-refractivity contribution in [1.82, 2.24) is 4.90 Å². The zero-order valence-electron chi connectivity index (χ0n) is 16.9. The number of nitrogens with two attached hydrogens (primary N) is 1. The third-order valence-electron chi connectivity index (χ3n) is 5.34. The maximum absolute atomic E-state index is 12.4. The predicted molar refractivity (Wildman–Crippen MR) is 116 cm³/mol. The van der Waals surface area contributed by atoms with Gasteiger partial charge in [-0.25, -0.2) is 4.99 Å². The first-order chi connectivity index (χ1) is 13.6. The first kappa shape index (κ1) is 19.9. The third-order valence-corrected chi connectivity index (χ3v) is 5.34. The molecule has 5 nitrogen and oxygen atoms in total. The fourth-order valence-electron chi connectivity index (χ4n) is 3.70. The summed E-state index contributed by atoms with van der Waals surface area (Å²) in [5.41, 5.74) is 11.7. The number of hydrogen-bond acceptors (Lipinski definition) is 2. The average Bonchev–Trinajstić information content (AvgIpc) is 2.74. The SMILES string of the molecule is CCN(CC)C(=O)c1ccc(CN=C(N)Nc2cccc3c2CCCC3)cc1. The smallest absolute Gasteiger partial charge is 0.253 e. The normalized spacial score (nSPS) is 13.7. The van der Waals surface area contributed by atoms with Crippen molar-refractivity contribution in [3.05, 3.63) is 64.7 Å². The molecule has 0 fully saturated rings. The van der Waals surface area contributed by atoms with E-state index in [1.165, 1.54) is 24.0 Å². The Morgan fingerprint density at radius 2 is 1.79 bits per heavy atom. The van der Waals surface area contributed by atoms with E-state index in [-0.39, 0.29) is 5.91 Å². The Kier molecular flexibility index (Phi) is 6.69. The van der Waals surface area contributed by atoms with Crippen LogP contribution < -0.4 is 11.1 Å². The van der Waals surface area contributed by atoms with Gasteiger partial charge in [0.15, 0.2) is 5.96 Å². The van der Waals surface area contributed by atoms with Gasteiger partial charge in [0, 0.05) is 24.3 Å². The lowest BCUT2D eigenvalue weighted by Gasteiger charge is -2.19. The average molecular weight is 379 g/mol. The lowest BCUT2D eigenvalue weighted by molar-refractivity contribution is 0.0773. The van der Waals surface area contributed by atoms with Crippen molar-refractivity contribution in [3.8, 4) is 0 Å². The van der Waals surface area contributed by atoms with Gasteiger partial charge < -0.3 is 16.0 Å². The molecule has 1 aliphatic rings. The number of carbonyl (C=O) groups excluding carboxylic acids is 1. The van der Waals surface area contributed by atoms with E-state index >= 15 is 0 Å². The standard InChI is InChI=1S/C23H30N4O/c1-3-27(4-2)22(28)19-14-12-17(13-15-19)16-25-23(24)26-21-11-7-9-18-8-5-6-10-20(18)21/h7,9,11-15H,3-6,8,10,16H2,1-2H3,(H3,24,25,26). The molecule has 3 N–H and O–H groups in total. The van der Waals surface area contributed by atoms with Crippen LogP contribution in [0, 0.1) is 0 Å². The highest BCUT2D eigenvalue weighted by molar-refractivity contribution is 5.94. The number of hydrogen-bond donors (Lipinski definition) is 2. The van der Waals surface area contributed by atoms with Crippen LogP contribution in [-0.2, 0) is 19.4 Å². The number of nitrogens with one attached hydrogen (secondary N) is 1. The molecule has 0 aromatic heterocycles. The van der Waals surface area contributed by atoms with E-state index < -0.39 is 0 Å². The monoisotopic (exact) mass is 378 g/mol. The number of rotatable bonds is 6. The summed E-state index contributed by atoms with van der Waals surface area (Å²) < 4.78 is 0. The topological polar surface area (TPSA) is 70.7 Å². The molecule has 148 valence electrons. The summed E-state index contributed by atoms with van der Waals surface area (Å²) in [5, 5.41) is 3.27. The summed E-state index contributed by atoms with van der Waals surface area (Å²) in [6.45, 7) is 5.89. The van der Waals surface area contributed by atoms with Crippen LogP contribution in [0.2, 0.25) is 0 Å². The van der Waals surface area contributed by atoms with E-state index in [4.69, 9.17) is 5.73 Å². The molecule has 28 heavy (non-hydrogen) atoms. The number of carbonyl (C=O) groups is 1. The highest BCUT2D eigenvalue weighted by Gasteiger charge is 2.13. The molecule has 2 aromatic rings. The highest BCUT2D eigenvalue weighted by Crippen LogP contribution is 2.27. The van der Waals surface area contributed by atoms with Crippen LogP contribution in [0.4, 0.5) is 5.69 Å². The van der Waals surface area contributed by atoms with Crippen molar-refractivity contribution >= 4 is 17.6 Å². The van der Waals surface area contributed by atoms with E-state index in [9.17, 15) is 4.79 Å². The van der Waals surface area contributed by atoms with Gasteiger partial charge >= 0.3 is 0 Å². The molecule has 0 radical (unpaired) electrons. The summed E-state index contributed by atoms with van der Waals surface area (Å²) in [6, 6.07) is 14.0. The van der Waals surface area contributed by atoms with Gasteiger partial charge in [-0.05, 0) is 74.4 Å².